The number of ether oxygens (including phenoxy) is 1. The van der Waals surface area contributed by atoms with Crippen LogP contribution in [0.15, 0.2) is 24.3 Å². The zero-order valence-corrected chi connectivity index (χ0v) is 9.91. The number of likely N-dealkylation sites (N-methyl/N-ethyl adjacent to an activating group) is 1. The van der Waals surface area contributed by atoms with Crippen molar-refractivity contribution in [3.8, 4) is 0 Å². The van der Waals surface area contributed by atoms with E-state index in [9.17, 15) is 4.79 Å². The first kappa shape index (κ1) is 12.5. The highest BCUT2D eigenvalue weighted by molar-refractivity contribution is 5.83. The van der Waals surface area contributed by atoms with Crippen LogP contribution in [0.2, 0.25) is 0 Å². The van der Waals surface area contributed by atoms with Crippen LogP contribution in [0, 0.1) is 0 Å². The van der Waals surface area contributed by atoms with Crippen LogP contribution in [0.25, 0.3) is 0 Å². The van der Waals surface area contributed by atoms with Crippen molar-refractivity contribution in [3.63, 3.8) is 0 Å². The number of amides is 1. The van der Waals surface area contributed by atoms with Gasteiger partial charge in [-0.3, -0.25) is 4.79 Å². The molecule has 0 bridgehead atoms. The van der Waals surface area contributed by atoms with Gasteiger partial charge in [0.25, 0.3) is 0 Å². The molecule has 0 radical (unpaired) electrons. The third-order valence-corrected chi connectivity index (χ3v) is 2.26. The van der Waals surface area contributed by atoms with E-state index in [1.54, 1.807) is 14.2 Å². The highest BCUT2D eigenvalue weighted by atomic mass is 16.5. The second kappa shape index (κ2) is 6.12. The number of carbonyl (C=O) groups excluding carboxylic acids is 1. The Balaban J connectivity index is 2.66. The number of carbonyl (C=O) groups is 1. The lowest BCUT2D eigenvalue weighted by Crippen LogP contribution is -2.35. The van der Waals surface area contributed by atoms with Crippen LogP contribution in [0.3, 0.4) is 0 Å². The molecule has 0 aliphatic heterocycles. The third-order valence-electron chi connectivity index (χ3n) is 2.26. The molecule has 0 heterocycles. The Labute approximate surface area is 96.0 Å². The number of hydrogen-bond donors (Lipinski definition) is 2. The van der Waals surface area contributed by atoms with Gasteiger partial charge in [0.2, 0.25) is 5.91 Å². The summed E-state index contributed by atoms with van der Waals surface area (Å²) in [5.74, 6) is -0.0304. The fourth-order valence-electron chi connectivity index (χ4n) is 1.45. The van der Waals surface area contributed by atoms with Crippen molar-refractivity contribution in [3.05, 3.63) is 29.8 Å². The smallest absolute Gasteiger partial charge is 0.241 e. The quantitative estimate of drug-likeness (QED) is 0.791. The Hall–Kier alpha value is -1.55. The molecule has 16 heavy (non-hydrogen) atoms. The summed E-state index contributed by atoms with van der Waals surface area (Å²) in [5, 5.41) is 5.72. The molecule has 88 valence electrons. The van der Waals surface area contributed by atoms with E-state index in [1.165, 1.54) is 0 Å². The van der Waals surface area contributed by atoms with Crippen LogP contribution in [0.5, 0.6) is 0 Å². The first-order valence-electron chi connectivity index (χ1n) is 5.23. The summed E-state index contributed by atoms with van der Waals surface area (Å²) in [6.45, 7) is 2.39. The first-order chi connectivity index (χ1) is 7.67. The Bertz CT molecular complexity index is 353. The van der Waals surface area contributed by atoms with Gasteiger partial charge in [-0.05, 0) is 24.6 Å². The normalized spacial score (nSPS) is 11.9. The van der Waals surface area contributed by atoms with Crippen LogP contribution in [-0.4, -0.2) is 26.1 Å². The summed E-state index contributed by atoms with van der Waals surface area (Å²) in [6, 6.07) is 7.58. The second-order valence-electron chi connectivity index (χ2n) is 3.61. The van der Waals surface area contributed by atoms with E-state index in [2.05, 4.69) is 10.6 Å². The van der Waals surface area contributed by atoms with Crippen molar-refractivity contribution < 1.29 is 9.53 Å². The molecule has 0 saturated carbocycles. The Morgan fingerprint density at radius 2 is 2.25 bits per heavy atom. The highest BCUT2D eigenvalue weighted by Crippen LogP contribution is 2.12. The standard InChI is InChI=1S/C12H18N2O2/c1-9(12(15)13-2)14-11-6-4-5-10(7-11)8-16-3/h4-7,9,14H,8H2,1-3H3,(H,13,15). The molecule has 0 fully saturated rings. The van der Waals surface area contributed by atoms with Gasteiger partial charge in [-0.15, -0.1) is 0 Å². The lowest BCUT2D eigenvalue weighted by atomic mass is 10.2. The molecule has 4 heteroatoms. The molecule has 0 aliphatic carbocycles. The van der Waals surface area contributed by atoms with Gasteiger partial charge in [0.15, 0.2) is 0 Å². The van der Waals surface area contributed by atoms with Gasteiger partial charge in [0.05, 0.1) is 6.61 Å². The van der Waals surface area contributed by atoms with Gasteiger partial charge in [-0.25, -0.2) is 0 Å². The lowest BCUT2D eigenvalue weighted by molar-refractivity contribution is -0.121. The molecular weight excluding hydrogens is 204 g/mol. The van der Waals surface area contributed by atoms with Crippen molar-refractivity contribution in [2.75, 3.05) is 19.5 Å². The molecule has 1 unspecified atom stereocenters. The minimum atomic E-state index is -0.247. The van der Waals surface area contributed by atoms with Gasteiger partial charge in [0.1, 0.15) is 6.04 Å². The van der Waals surface area contributed by atoms with Crippen LogP contribution in [0.1, 0.15) is 12.5 Å². The average molecular weight is 222 g/mol. The summed E-state index contributed by atoms with van der Waals surface area (Å²) in [5.41, 5.74) is 2.00. The monoisotopic (exact) mass is 222 g/mol. The van der Waals surface area contributed by atoms with E-state index < -0.39 is 0 Å². The van der Waals surface area contributed by atoms with Crippen LogP contribution >= 0.6 is 0 Å². The van der Waals surface area contributed by atoms with E-state index in [0.717, 1.165) is 11.3 Å². The molecule has 1 atom stereocenters. The molecule has 2 N–H and O–H groups in total. The number of benzene rings is 1. The van der Waals surface area contributed by atoms with Crippen molar-refractivity contribution in [2.45, 2.75) is 19.6 Å². The Morgan fingerprint density at radius 1 is 1.50 bits per heavy atom. The van der Waals surface area contributed by atoms with Gasteiger partial charge < -0.3 is 15.4 Å². The van der Waals surface area contributed by atoms with Gasteiger partial charge in [-0.2, -0.15) is 0 Å². The molecular formula is C12H18N2O2. The summed E-state index contributed by atoms with van der Waals surface area (Å²) in [7, 11) is 3.29. The summed E-state index contributed by atoms with van der Waals surface area (Å²) in [4.78, 5) is 11.3. The fraction of sp³-hybridized carbons (Fsp3) is 0.417. The molecule has 4 nitrogen and oxygen atoms in total. The summed E-state index contributed by atoms with van der Waals surface area (Å²) in [6.07, 6.45) is 0. The largest absolute Gasteiger partial charge is 0.380 e. The summed E-state index contributed by atoms with van der Waals surface area (Å²) < 4.78 is 5.05. The van der Waals surface area contributed by atoms with E-state index in [-0.39, 0.29) is 11.9 Å². The maximum absolute atomic E-state index is 11.3. The van der Waals surface area contributed by atoms with Crippen LogP contribution in [-0.2, 0) is 16.1 Å². The van der Waals surface area contributed by atoms with Gasteiger partial charge in [-0.1, -0.05) is 12.1 Å². The van der Waals surface area contributed by atoms with E-state index in [1.807, 2.05) is 31.2 Å². The van der Waals surface area contributed by atoms with Crippen molar-refractivity contribution in [1.29, 1.82) is 0 Å². The molecule has 0 saturated heterocycles. The molecule has 1 rings (SSSR count). The maximum Gasteiger partial charge on any atom is 0.241 e. The zero-order valence-electron chi connectivity index (χ0n) is 9.91. The SMILES string of the molecule is CNC(=O)C(C)Nc1cccc(COC)c1. The number of methoxy groups -OCH3 is 1. The fourth-order valence-corrected chi connectivity index (χ4v) is 1.45. The second-order valence-corrected chi connectivity index (χ2v) is 3.61. The lowest BCUT2D eigenvalue weighted by Gasteiger charge is -2.14. The Kier molecular flexibility index (Phi) is 4.79. The van der Waals surface area contributed by atoms with E-state index in [4.69, 9.17) is 4.74 Å². The number of hydrogen-bond acceptors (Lipinski definition) is 3. The minimum Gasteiger partial charge on any atom is -0.380 e. The van der Waals surface area contributed by atoms with Crippen molar-refractivity contribution in [1.82, 2.24) is 5.32 Å². The predicted octanol–water partition coefficient (Wildman–Crippen LogP) is 1.38. The summed E-state index contributed by atoms with van der Waals surface area (Å²) >= 11 is 0. The van der Waals surface area contributed by atoms with E-state index in [0.29, 0.717) is 6.61 Å². The average Bonchev–Trinajstić information content (AvgIpc) is 2.29. The third kappa shape index (κ3) is 3.55. The van der Waals surface area contributed by atoms with Crippen LogP contribution in [0.4, 0.5) is 5.69 Å². The van der Waals surface area contributed by atoms with Crippen molar-refractivity contribution in [2.24, 2.45) is 0 Å². The molecule has 0 aliphatic rings. The molecule has 1 aromatic rings. The maximum atomic E-state index is 11.3. The number of anilines is 1. The predicted molar refractivity (Wildman–Crippen MR) is 64.3 cm³/mol. The topological polar surface area (TPSA) is 50.4 Å². The molecule has 0 spiro atoms. The zero-order chi connectivity index (χ0) is 12.0. The highest BCUT2D eigenvalue weighted by Gasteiger charge is 2.09. The minimum absolute atomic E-state index is 0.0304. The molecule has 1 aromatic carbocycles. The Morgan fingerprint density at radius 3 is 2.88 bits per heavy atom. The van der Waals surface area contributed by atoms with Gasteiger partial charge >= 0.3 is 0 Å². The molecule has 0 aromatic heterocycles. The van der Waals surface area contributed by atoms with Gasteiger partial charge in [0, 0.05) is 19.8 Å². The van der Waals surface area contributed by atoms with Crippen molar-refractivity contribution >= 4 is 11.6 Å². The number of rotatable bonds is 5. The molecule has 1 amide bonds. The number of nitrogens with one attached hydrogen (secondary N) is 2. The van der Waals surface area contributed by atoms with E-state index >= 15 is 0 Å². The van der Waals surface area contributed by atoms with Crippen LogP contribution < -0.4 is 10.6 Å². The first-order valence-corrected chi connectivity index (χ1v) is 5.23.